The smallest absolute Gasteiger partial charge is 0.240 e. The number of aromatic nitrogens is 2. The number of likely N-dealkylation sites (N-methyl/N-ethyl adjacent to an activating group) is 1. The summed E-state index contributed by atoms with van der Waals surface area (Å²) in [6, 6.07) is 23.3. The Bertz CT molecular complexity index is 1620. The number of rotatable bonds is 9. The summed E-state index contributed by atoms with van der Waals surface area (Å²) in [5, 5.41) is 7.81. The Kier molecular flexibility index (Phi) is 8.26. The molecule has 0 saturated carbocycles. The van der Waals surface area contributed by atoms with Gasteiger partial charge < -0.3 is 24.4 Å². The van der Waals surface area contributed by atoms with Gasteiger partial charge in [-0.2, -0.15) is 5.10 Å². The zero-order valence-electron chi connectivity index (χ0n) is 24.3. The predicted octanol–water partition coefficient (Wildman–Crippen LogP) is 4.12. The Morgan fingerprint density at radius 2 is 1.84 bits per heavy atom. The van der Waals surface area contributed by atoms with Gasteiger partial charge in [-0.3, -0.25) is 14.5 Å². The maximum atomic E-state index is 13.9. The molecule has 1 unspecified atom stereocenters. The van der Waals surface area contributed by atoms with Crippen molar-refractivity contribution in [2.75, 3.05) is 58.3 Å². The molecule has 4 aromatic rings. The van der Waals surface area contributed by atoms with Crippen LogP contribution < -0.4 is 24.4 Å². The number of nitrogens with zero attached hydrogens (tertiary/aromatic N) is 4. The number of nitrogens with one attached hydrogen (secondary N) is 1. The Morgan fingerprint density at radius 3 is 2.58 bits per heavy atom. The van der Waals surface area contributed by atoms with Crippen LogP contribution in [-0.2, 0) is 9.59 Å². The molecule has 43 heavy (non-hydrogen) atoms. The monoisotopic (exact) mass is 599 g/mol. The molecule has 11 heteroatoms. The van der Waals surface area contributed by atoms with Gasteiger partial charge in [0, 0.05) is 24.2 Å². The number of fused-ring (bicyclic) bond motifs is 2. The van der Waals surface area contributed by atoms with E-state index < -0.39 is 0 Å². The second kappa shape index (κ2) is 12.4. The minimum Gasteiger partial charge on any atom is -0.497 e. The highest BCUT2D eigenvalue weighted by Crippen LogP contribution is 2.50. The summed E-state index contributed by atoms with van der Waals surface area (Å²) in [6.45, 7) is 1.20. The average molecular weight is 600 g/mol. The fraction of sp³-hybridized carbons (Fsp3) is 0.281. The van der Waals surface area contributed by atoms with E-state index in [4.69, 9.17) is 19.3 Å². The molecular formula is C32H33N5O5S. The highest BCUT2D eigenvalue weighted by molar-refractivity contribution is 8.00. The number of hydrogen-bond donors (Lipinski definition) is 1. The van der Waals surface area contributed by atoms with Crippen molar-refractivity contribution < 1.29 is 23.8 Å². The number of thioether (sulfide) groups is 1. The first kappa shape index (κ1) is 28.6. The van der Waals surface area contributed by atoms with E-state index in [0.717, 1.165) is 28.1 Å². The molecule has 1 aromatic heterocycles. The van der Waals surface area contributed by atoms with E-state index in [9.17, 15) is 9.59 Å². The quantitative estimate of drug-likeness (QED) is 0.307. The highest BCUT2D eigenvalue weighted by atomic mass is 32.2. The number of carbonyl (C=O) groups is 2. The molecule has 0 bridgehead atoms. The first-order chi connectivity index (χ1) is 20.9. The summed E-state index contributed by atoms with van der Waals surface area (Å²) in [4.78, 5) is 30.7. The summed E-state index contributed by atoms with van der Waals surface area (Å²) >= 11 is 1.51. The molecule has 3 heterocycles. The van der Waals surface area contributed by atoms with Gasteiger partial charge in [0.2, 0.25) is 18.6 Å². The van der Waals surface area contributed by atoms with Gasteiger partial charge in [0.25, 0.3) is 0 Å². The van der Waals surface area contributed by atoms with E-state index in [1.165, 1.54) is 11.8 Å². The number of anilines is 1. The van der Waals surface area contributed by atoms with Gasteiger partial charge in [0.15, 0.2) is 11.5 Å². The highest BCUT2D eigenvalue weighted by Gasteiger charge is 2.38. The Morgan fingerprint density at radius 1 is 1.07 bits per heavy atom. The van der Waals surface area contributed by atoms with Crippen LogP contribution >= 0.6 is 11.8 Å². The first-order valence-electron chi connectivity index (χ1n) is 14.0. The maximum Gasteiger partial charge on any atom is 0.240 e. The summed E-state index contributed by atoms with van der Waals surface area (Å²) < 4.78 is 18.4. The van der Waals surface area contributed by atoms with Gasteiger partial charge in [-0.1, -0.05) is 36.4 Å². The molecule has 2 amide bonds. The van der Waals surface area contributed by atoms with Crippen molar-refractivity contribution in [1.29, 1.82) is 0 Å². The van der Waals surface area contributed by atoms with Gasteiger partial charge in [-0.25, -0.2) is 4.68 Å². The third kappa shape index (κ3) is 5.91. The van der Waals surface area contributed by atoms with Crippen LogP contribution in [0.1, 0.15) is 16.4 Å². The lowest BCUT2D eigenvalue weighted by atomic mass is 9.99. The van der Waals surface area contributed by atoms with Crippen molar-refractivity contribution in [2.24, 2.45) is 0 Å². The third-order valence-electron chi connectivity index (χ3n) is 7.34. The Labute approximate surface area is 254 Å². The largest absolute Gasteiger partial charge is 0.497 e. The van der Waals surface area contributed by atoms with Crippen molar-refractivity contribution in [3.8, 4) is 34.2 Å². The topological polar surface area (TPSA) is 98.2 Å². The van der Waals surface area contributed by atoms with Gasteiger partial charge in [-0.15, -0.1) is 11.8 Å². The lowest BCUT2D eigenvalue weighted by Crippen LogP contribution is -2.43. The number of ether oxygens (including phenoxy) is 3. The number of amides is 2. The second-order valence-corrected chi connectivity index (χ2v) is 11.6. The van der Waals surface area contributed by atoms with Crippen molar-refractivity contribution in [2.45, 2.75) is 5.25 Å². The number of carbonyl (C=O) groups excluding carboxylic acids is 2. The molecule has 0 radical (unpaired) electrons. The number of benzene rings is 3. The zero-order valence-corrected chi connectivity index (χ0v) is 25.1. The lowest BCUT2D eigenvalue weighted by molar-refractivity contribution is -0.122. The standard InChI is InChI=1S/C32H33N5O5S/c1-35(2)16-15-33-27(38)18-36-28(39)19-43-31(22-9-14-25-26(17-22)42-20-41-25)29-30(21-7-5-4-6-8-21)34-37(32(29)36)23-10-12-24(40-3)13-11-23/h4-14,17,31H,15-16,18-20H2,1-3H3,(H,33,38). The fourth-order valence-corrected chi connectivity index (χ4v) is 6.38. The third-order valence-corrected chi connectivity index (χ3v) is 8.59. The van der Waals surface area contributed by atoms with E-state index >= 15 is 0 Å². The lowest BCUT2D eigenvalue weighted by Gasteiger charge is -2.23. The molecule has 0 spiro atoms. The fourth-order valence-electron chi connectivity index (χ4n) is 5.19. The first-order valence-corrected chi connectivity index (χ1v) is 15.0. The molecule has 1 N–H and O–H groups in total. The minimum absolute atomic E-state index is 0.135. The summed E-state index contributed by atoms with van der Waals surface area (Å²) in [6.07, 6.45) is 0. The van der Waals surface area contributed by atoms with E-state index in [1.54, 1.807) is 16.7 Å². The van der Waals surface area contributed by atoms with E-state index in [-0.39, 0.29) is 36.2 Å². The predicted molar refractivity (Wildman–Crippen MR) is 166 cm³/mol. The maximum absolute atomic E-state index is 13.9. The summed E-state index contributed by atoms with van der Waals surface area (Å²) in [5.41, 5.74) is 4.17. The second-order valence-electron chi connectivity index (χ2n) is 10.5. The summed E-state index contributed by atoms with van der Waals surface area (Å²) in [7, 11) is 5.51. The molecule has 10 nitrogen and oxygen atoms in total. The van der Waals surface area contributed by atoms with Crippen LogP contribution in [0.3, 0.4) is 0 Å². The molecule has 0 aliphatic carbocycles. The molecule has 0 fully saturated rings. The number of hydrogen-bond acceptors (Lipinski definition) is 8. The average Bonchev–Trinajstić information content (AvgIpc) is 3.62. The van der Waals surface area contributed by atoms with Crippen molar-refractivity contribution >= 4 is 29.4 Å². The van der Waals surface area contributed by atoms with Gasteiger partial charge >= 0.3 is 0 Å². The molecule has 1 atom stereocenters. The van der Waals surface area contributed by atoms with Crippen molar-refractivity contribution in [3.63, 3.8) is 0 Å². The van der Waals surface area contributed by atoms with E-state index in [1.807, 2.05) is 91.8 Å². The molecule has 222 valence electrons. The normalized spacial score (nSPS) is 15.8. The van der Waals surface area contributed by atoms with Crippen molar-refractivity contribution in [1.82, 2.24) is 20.0 Å². The molecule has 3 aromatic carbocycles. The zero-order chi connectivity index (χ0) is 29.9. The SMILES string of the molecule is COc1ccc(-n2nc(-c3ccccc3)c3c2N(CC(=O)NCCN(C)C)C(=O)CSC3c2ccc3c(c2)OCO3)cc1. The van der Waals surface area contributed by atoms with Crippen molar-refractivity contribution in [3.05, 3.63) is 83.9 Å². The molecule has 0 saturated heterocycles. The molecular weight excluding hydrogens is 566 g/mol. The van der Waals surface area contributed by atoms with Crippen LogP contribution in [-0.4, -0.2) is 79.9 Å². The Hall–Kier alpha value is -4.48. The molecule has 2 aliphatic rings. The minimum atomic E-state index is -0.280. The van der Waals surface area contributed by atoms with E-state index in [0.29, 0.717) is 36.2 Å². The van der Waals surface area contributed by atoms with Crippen LogP contribution in [0.25, 0.3) is 16.9 Å². The van der Waals surface area contributed by atoms with Gasteiger partial charge in [0.1, 0.15) is 18.1 Å². The van der Waals surface area contributed by atoms with Crippen LogP contribution in [0.15, 0.2) is 72.8 Å². The van der Waals surface area contributed by atoms with E-state index in [2.05, 4.69) is 5.32 Å². The summed E-state index contributed by atoms with van der Waals surface area (Å²) in [5.74, 6) is 2.37. The van der Waals surface area contributed by atoms with Crippen LogP contribution in [0.5, 0.6) is 17.2 Å². The van der Waals surface area contributed by atoms with Crippen LogP contribution in [0.2, 0.25) is 0 Å². The van der Waals surface area contributed by atoms with Gasteiger partial charge in [0.05, 0.1) is 29.5 Å². The van der Waals surface area contributed by atoms with Gasteiger partial charge in [-0.05, 0) is 56.1 Å². The van der Waals surface area contributed by atoms with Crippen LogP contribution in [0, 0.1) is 0 Å². The molecule has 6 rings (SSSR count). The Balaban J connectivity index is 1.54. The number of methoxy groups -OCH3 is 1. The molecule has 2 aliphatic heterocycles. The van der Waals surface area contributed by atoms with Crippen LogP contribution in [0.4, 0.5) is 5.82 Å².